The third kappa shape index (κ3) is 2.97. The second kappa shape index (κ2) is 5.51. The molecule has 0 saturated heterocycles. The fourth-order valence-corrected chi connectivity index (χ4v) is 3.77. The first-order chi connectivity index (χ1) is 11.8. The highest BCUT2D eigenvalue weighted by molar-refractivity contribution is 5.90. The van der Waals surface area contributed by atoms with Crippen molar-refractivity contribution in [3.8, 4) is 0 Å². The number of amides is 2. The van der Waals surface area contributed by atoms with Gasteiger partial charge in [0.25, 0.3) is 5.92 Å². The smallest absolute Gasteiger partial charge is 0.319 e. The van der Waals surface area contributed by atoms with Gasteiger partial charge in [-0.15, -0.1) is 0 Å². The number of fused-ring (bicyclic) bond motifs is 3. The Morgan fingerprint density at radius 2 is 2.00 bits per heavy atom. The number of halogens is 3. The largest absolute Gasteiger partial charge is 0.334 e. The van der Waals surface area contributed by atoms with E-state index in [0.29, 0.717) is 5.69 Å². The SMILES string of the molecule is CC(F)(F)c1cccc(NC(=O)NC2C3Cc4cc(F)ccc4C32)c1. The van der Waals surface area contributed by atoms with Crippen LogP contribution in [0.25, 0.3) is 0 Å². The summed E-state index contributed by atoms with van der Waals surface area (Å²) >= 11 is 0. The summed E-state index contributed by atoms with van der Waals surface area (Å²) in [5.41, 5.74) is 2.27. The summed E-state index contributed by atoms with van der Waals surface area (Å²) < 4.78 is 40.0. The topological polar surface area (TPSA) is 41.1 Å². The number of carbonyl (C=O) groups excluding carboxylic acids is 1. The van der Waals surface area contributed by atoms with Gasteiger partial charge in [0, 0.05) is 30.1 Å². The van der Waals surface area contributed by atoms with Gasteiger partial charge in [0.15, 0.2) is 0 Å². The van der Waals surface area contributed by atoms with Gasteiger partial charge < -0.3 is 10.6 Å². The summed E-state index contributed by atoms with van der Waals surface area (Å²) in [6.07, 6.45) is 0.750. The van der Waals surface area contributed by atoms with Gasteiger partial charge in [0.05, 0.1) is 0 Å². The van der Waals surface area contributed by atoms with Crippen molar-refractivity contribution < 1.29 is 18.0 Å². The molecule has 0 bridgehead atoms. The zero-order valence-electron chi connectivity index (χ0n) is 13.5. The lowest BCUT2D eigenvalue weighted by molar-refractivity contribution is 0.0175. The summed E-state index contributed by atoms with van der Waals surface area (Å²) in [5.74, 6) is -2.70. The molecule has 1 fully saturated rings. The van der Waals surface area contributed by atoms with Gasteiger partial charge in [-0.3, -0.25) is 0 Å². The third-order valence-electron chi connectivity index (χ3n) is 5.01. The van der Waals surface area contributed by atoms with E-state index in [1.54, 1.807) is 18.2 Å². The van der Waals surface area contributed by atoms with Gasteiger partial charge in [-0.2, -0.15) is 0 Å². The van der Waals surface area contributed by atoms with Crippen LogP contribution in [0.1, 0.15) is 29.5 Å². The van der Waals surface area contributed by atoms with Crippen LogP contribution in [0.3, 0.4) is 0 Å². The van der Waals surface area contributed by atoms with Crippen LogP contribution in [-0.2, 0) is 12.3 Å². The minimum Gasteiger partial charge on any atom is -0.334 e. The minimum atomic E-state index is -2.96. The van der Waals surface area contributed by atoms with Gasteiger partial charge in [0.2, 0.25) is 0 Å². The molecule has 6 heteroatoms. The molecule has 0 aromatic heterocycles. The van der Waals surface area contributed by atoms with Crippen LogP contribution in [0.2, 0.25) is 0 Å². The standard InChI is InChI=1S/C19H17F3N2O/c1-19(21,22)11-3-2-4-13(9-11)23-18(25)24-17-15-8-10-7-12(20)5-6-14(10)16(15)17/h2-7,9,15-17H,8H2,1H3,(H2,23,24,25). The van der Waals surface area contributed by atoms with E-state index < -0.39 is 12.0 Å². The molecule has 1 saturated carbocycles. The number of alkyl halides is 2. The summed E-state index contributed by atoms with van der Waals surface area (Å²) in [5, 5.41) is 5.49. The summed E-state index contributed by atoms with van der Waals surface area (Å²) in [6.45, 7) is 0.817. The normalized spacial score (nSPS) is 23.6. The highest BCUT2D eigenvalue weighted by Gasteiger charge is 2.56. The van der Waals surface area contributed by atoms with Crippen LogP contribution in [0.4, 0.5) is 23.7 Å². The fraction of sp³-hybridized carbons (Fsp3) is 0.316. The van der Waals surface area contributed by atoms with E-state index in [2.05, 4.69) is 10.6 Å². The Labute approximate surface area is 143 Å². The lowest BCUT2D eigenvalue weighted by Gasteiger charge is -2.14. The van der Waals surface area contributed by atoms with Gasteiger partial charge in [0.1, 0.15) is 5.82 Å². The third-order valence-corrected chi connectivity index (χ3v) is 5.01. The quantitative estimate of drug-likeness (QED) is 0.850. The van der Waals surface area contributed by atoms with E-state index in [1.807, 2.05) is 0 Å². The number of nitrogens with one attached hydrogen (secondary N) is 2. The van der Waals surface area contributed by atoms with Crippen molar-refractivity contribution in [3.63, 3.8) is 0 Å². The summed E-state index contributed by atoms with van der Waals surface area (Å²) in [7, 11) is 0. The molecule has 130 valence electrons. The molecule has 2 N–H and O–H groups in total. The molecule has 2 amide bonds. The van der Waals surface area contributed by atoms with E-state index in [-0.39, 0.29) is 29.3 Å². The Kier molecular flexibility index (Phi) is 3.52. The fourth-order valence-electron chi connectivity index (χ4n) is 3.77. The molecule has 0 spiro atoms. The monoisotopic (exact) mass is 346 g/mol. The van der Waals surface area contributed by atoms with Crippen molar-refractivity contribution in [1.29, 1.82) is 0 Å². The number of hydrogen-bond donors (Lipinski definition) is 2. The first-order valence-electron chi connectivity index (χ1n) is 8.17. The van der Waals surface area contributed by atoms with Gasteiger partial charge >= 0.3 is 6.03 Å². The van der Waals surface area contributed by atoms with Crippen molar-refractivity contribution in [2.45, 2.75) is 31.2 Å². The van der Waals surface area contributed by atoms with Crippen molar-refractivity contribution in [3.05, 3.63) is 65.0 Å². The Morgan fingerprint density at radius 3 is 2.76 bits per heavy atom. The van der Waals surface area contributed by atoms with E-state index >= 15 is 0 Å². The number of urea groups is 1. The first-order valence-corrected chi connectivity index (χ1v) is 8.17. The summed E-state index contributed by atoms with van der Waals surface area (Å²) in [6, 6.07) is 10.0. The Bertz CT molecular complexity index is 847. The van der Waals surface area contributed by atoms with Crippen LogP contribution in [0.5, 0.6) is 0 Å². The highest BCUT2D eigenvalue weighted by atomic mass is 19.3. The van der Waals surface area contributed by atoms with E-state index in [9.17, 15) is 18.0 Å². The molecule has 3 unspecified atom stereocenters. The molecular weight excluding hydrogens is 329 g/mol. The minimum absolute atomic E-state index is 0.00811. The van der Waals surface area contributed by atoms with Gasteiger partial charge in [-0.1, -0.05) is 18.2 Å². The molecule has 25 heavy (non-hydrogen) atoms. The molecule has 0 heterocycles. The van der Waals surface area contributed by atoms with Crippen LogP contribution in [0, 0.1) is 11.7 Å². The zero-order valence-corrected chi connectivity index (χ0v) is 13.5. The maximum absolute atomic E-state index is 13.4. The number of carbonyl (C=O) groups is 1. The predicted octanol–water partition coefficient (Wildman–Crippen LogP) is 4.40. The Hall–Kier alpha value is -2.50. The van der Waals surface area contributed by atoms with Crippen molar-refractivity contribution in [2.75, 3.05) is 5.32 Å². The van der Waals surface area contributed by atoms with Gasteiger partial charge in [-0.05, 0) is 47.7 Å². The van der Waals surface area contributed by atoms with Gasteiger partial charge in [-0.25, -0.2) is 18.0 Å². The number of hydrogen-bond acceptors (Lipinski definition) is 1. The number of rotatable bonds is 3. The number of benzene rings is 2. The molecule has 2 aromatic carbocycles. The molecule has 0 radical (unpaired) electrons. The average Bonchev–Trinajstić information content (AvgIpc) is 3.03. The molecule has 4 rings (SSSR count). The molecule has 0 aliphatic heterocycles. The lowest BCUT2D eigenvalue weighted by Crippen LogP contribution is -2.33. The van der Waals surface area contributed by atoms with E-state index in [0.717, 1.165) is 24.5 Å². The van der Waals surface area contributed by atoms with Crippen molar-refractivity contribution >= 4 is 11.7 Å². The highest BCUT2D eigenvalue weighted by Crippen LogP contribution is 2.56. The second-order valence-corrected chi connectivity index (χ2v) is 6.83. The maximum atomic E-state index is 13.4. The second-order valence-electron chi connectivity index (χ2n) is 6.83. The maximum Gasteiger partial charge on any atom is 0.319 e. The average molecular weight is 346 g/mol. The Balaban J connectivity index is 1.39. The molecule has 2 aromatic rings. The van der Waals surface area contributed by atoms with Crippen LogP contribution in [-0.4, -0.2) is 12.1 Å². The number of anilines is 1. The molecule has 2 aliphatic carbocycles. The van der Waals surface area contributed by atoms with Crippen LogP contribution >= 0.6 is 0 Å². The lowest BCUT2D eigenvalue weighted by atomic mass is 10.0. The van der Waals surface area contributed by atoms with Crippen molar-refractivity contribution in [1.82, 2.24) is 5.32 Å². The first kappa shape index (κ1) is 16.0. The van der Waals surface area contributed by atoms with Crippen molar-refractivity contribution in [2.24, 2.45) is 5.92 Å². The van der Waals surface area contributed by atoms with Crippen LogP contribution < -0.4 is 10.6 Å². The van der Waals surface area contributed by atoms with E-state index in [1.165, 1.54) is 24.3 Å². The zero-order chi connectivity index (χ0) is 17.8. The summed E-state index contributed by atoms with van der Waals surface area (Å²) in [4.78, 5) is 12.2. The molecule has 3 nitrogen and oxygen atoms in total. The molecule has 3 atom stereocenters. The Morgan fingerprint density at radius 1 is 1.20 bits per heavy atom. The van der Waals surface area contributed by atoms with E-state index in [4.69, 9.17) is 0 Å². The van der Waals surface area contributed by atoms with Crippen LogP contribution in [0.15, 0.2) is 42.5 Å². The molecular formula is C19H17F3N2O. The predicted molar refractivity (Wildman–Crippen MR) is 88.3 cm³/mol. The molecule has 2 aliphatic rings.